The molecular weight excluding hydrogens is 470 g/mol. The van der Waals surface area contributed by atoms with Crippen LogP contribution in [0.15, 0.2) is 39.7 Å². The summed E-state index contributed by atoms with van der Waals surface area (Å²) in [5, 5.41) is 16.3. The minimum absolute atomic E-state index is 0.00668. The van der Waals surface area contributed by atoms with Gasteiger partial charge in [0, 0.05) is 18.1 Å². The van der Waals surface area contributed by atoms with Crippen LogP contribution in [0, 0.1) is 5.92 Å². The molecule has 0 spiro atoms. The maximum Gasteiger partial charge on any atom is 0.264 e. The summed E-state index contributed by atoms with van der Waals surface area (Å²) in [7, 11) is -2.58. The first-order chi connectivity index (χ1) is 14.1. The fraction of sp³-hybridized carbons (Fsp3) is 0.381. The van der Waals surface area contributed by atoms with Gasteiger partial charge in [0.05, 0.1) is 16.9 Å². The van der Waals surface area contributed by atoms with Crippen LogP contribution in [0.4, 0.5) is 11.4 Å². The van der Waals surface area contributed by atoms with Gasteiger partial charge in [-0.2, -0.15) is 0 Å². The molecule has 7 nitrogen and oxygen atoms in total. The quantitative estimate of drug-likeness (QED) is 0.409. The second-order valence-corrected chi connectivity index (χ2v) is 10.4. The predicted octanol–water partition coefficient (Wildman–Crippen LogP) is 4.26. The largest absolute Gasteiger partial charge is 0.505 e. The monoisotopic (exact) mass is 495 g/mol. The van der Waals surface area contributed by atoms with Crippen LogP contribution in [-0.2, 0) is 10.0 Å². The van der Waals surface area contributed by atoms with Gasteiger partial charge in [-0.1, -0.05) is 29.8 Å². The van der Waals surface area contributed by atoms with Crippen LogP contribution in [0.25, 0.3) is 0 Å². The lowest BCUT2D eigenvalue weighted by atomic mass is 10.0. The van der Waals surface area contributed by atoms with Crippen molar-refractivity contribution in [2.24, 2.45) is 5.92 Å². The molecule has 1 saturated carbocycles. The Morgan fingerprint density at radius 1 is 1.20 bits per heavy atom. The SMILES string of the molecule is CNC(=O)c1cc(C2CC2)cc(NS(=O)(=O)c2cc(Br)ccc2NCC(C)C)c1O. The third-order valence-electron chi connectivity index (χ3n) is 4.83. The zero-order valence-corrected chi connectivity index (χ0v) is 19.5. The zero-order chi connectivity index (χ0) is 22.1. The maximum absolute atomic E-state index is 13.2. The topological polar surface area (TPSA) is 108 Å². The molecule has 1 amide bonds. The number of amides is 1. The Morgan fingerprint density at radius 2 is 1.90 bits per heavy atom. The van der Waals surface area contributed by atoms with Gasteiger partial charge in [0.2, 0.25) is 0 Å². The van der Waals surface area contributed by atoms with Crippen LogP contribution in [0.3, 0.4) is 0 Å². The summed E-state index contributed by atoms with van der Waals surface area (Å²) in [6.45, 7) is 4.66. The maximum atomic E-state index is 13.2. The molecule has 0 radical (unpaired) electrons. The summed E-state index contributed by atoms with van der Waals surface area (Å²) in [5.74, 6) is -0.274. The molecule has 30 heavy (non-hydrogen) atoms. The van der Waals surface area contributed by atoms with Gasteiger partial charge in [0.1, 0.15) is 4.90 Å². The molecule has 0 heterocycles. The van der Waals surface area contributed by atoms with Gasteiger partial charge < -0.3 is 15.7 Å². The molecule has 0 saturated heterocycles. The number of hydrogen-bond acceptors (Lipinski definition) is 5. The Bertz CT molecular complexity index is 1070. The summed E-state index contributed by atoms with van der Waals surface area (Å²) >= 11 is 3.33. The molecule has 1 aliphatic carbocycles. The first-order valence-electron chi connectivity index (χ1n) is 9.77. The van der Waals surface area contributed by atoms with Crippen molar-refractivity contribution in [3.63, 3.8) is 0 Å². The summed E-state index contributed by atoms with van der Waals surface area (Å²) in [6.07, 6.45) is 1.94. The molecule has 4 N–H and O–H groups in total. The van der Waals surface area contributed by atoms with Gasteiger partial charge in [-0.3, -0.25) is 9.52 Å². The number of carbonyl (C=O) groups is 1. The number of aromatic hydroxyl groups is 1. The normalized spacial score (nSPS) is 13.9. The predicted molar refractivity (Wildman–Crippen MR) is 122 cm³/mol. The van der Waals surface area contributed by atoms with E-state index in [2.05, 4.69) is 31.3 Å². The van der Waals surface area contributed by atoms with Gasteiger partial charge >= 0.3 is 0 Å². The van der Waals surface area contributed by atoms with Crippen LogP contribution in [0.5, 0.6) is 5.75 Å². The number of sulfonamides is 1. The van der Waals surface area contributed by atoms with E-state index in [1.54, 1.807) is 24.3 Å². The van der Waals surface area contributed by atoms with E-state index in [0.717, 1.165) is 18.4 Å². The molecule has 2 aromatic carbocycles. The molecule has 3 rings (SSSR count). The van der Waals surface area contributed by atoms with E-state index in [0.29, 0.717) is 22.6 Å². The van der Waals surface area contributed by atoms with Crippen LogP contribution >= 0.6 is 15.9 Å². The summed E-state index contributed by atoms with van der Waals surface area (Å²) < 4.78 is 29.6. The lowest BCUT2D eigenvalue weighted by Gasteiger charge is -2.17. The van der Waals surface area contributed by atoms with Crippen molar-refractivity contribution >= 4 is 43.2 Å². The van der Waals surface area contributed by atoms with Crippen molar-refractivity contribution in [3.8, 4) is 5.75 Å². The number of rotatable bonds is 8. The molecule has 162 valence electrons. The Balaban J connectivity index is 2.02. The smallest absolute Gasteiger partial charge is 0.264 e. The van der Waals surface area contributed by atoms with Gasteiger partial charge in [-0.25, -0.2) is 8.42 Å². The zero-order valence-electron chi connectivity index (χ0n) is 17.1. The lowest BCUT2D eigenvalue weighted by Crippen LogP contribution is -2.20. The third-order valence-corrected chi connectivity index (χ3v) is 6.73. The molecular formula is C21H26BrN3O4S. The number of anilines is 2. The van der Waals surface area contributed by atoms with Crippen molar-refractivity contribution in [3.05, 3.63) is 45.9 Å². The molecule has 9 heteroatoms. The Labute approximate surface area is 185 Å². The average Bonchev–Trinajstić information content (AvgIpc) is 3.53. The van der Waals surface area contributed by atoms with E-state index in [1.807, 2.05) is 13.8 Å². The van der Waals surface area contributed by atoms with Gasteiger partial charge in [-0.15, -0.1) is 0 Å². The van der Waals surface area contributed by atoms with E-state index < -0.39 is 21.7 Å². The van der Waals surface area contributed by atoms with Crippen LogP contribution < -0.4 is 15.4 Å². The molecule has 2 aromatic rings. The third kappa shape index (κ3) is 5.07. The van der Waals surface area contributed by atoms with Crippen molar-refractivity contribution in [2.75, 3.05) is 23.6 Å². The second kappa shape index (κ2) is 8.85. The number of phenolic OH excluding ortho intramolecular Hbond substituents is 1. The number of benzene rings is 2. The Morgan fingerprint density at radius 3 is 2.50 bits per heavy atom. The molecule has 1 aliphatic rings. The first-order valence-corrected chi connectivity index (χ1v) is 12.0. The number of nitrogens with one attached hydrogen (secondary N) is 3. The van der Waals surface area contributed by atoms with Crippen LogP contribution in [0.2, 0.25) is 0 Å². The molecule has 0 aromatic heterocycles. The fourth-order valence-corrected chi connectivity index (χ4v) is 4.85. The first kappa shape index (κ1) is 22.4. The molecule has 0 atom stereocenters. The van der Waals surface area contributed by atoms with Crippen molar-refractivity contribution in [2.45, 2.75) is 37.5 Å². The average molecular weight is 496 g/mol. The number of carbonyl (C=O) groups excluding carboxylic acids is 1. The molecule has 0 aliphatic heterocycles. The van der Waals surface area contributed by atoms with Crippen molar-refractivity contribution in [1.82, 2.24) is 5.32 Å². The standard InChI is InChI=1S/C21H26BrN3O4S/c1-12(2)11-24-17-7-6-15(22)10-19(17)30(28,29)25-18-9-14(13-4-5-13)8-16(20(18)26)21(27)23-3/h6-10,12-13,24-26H,4-5,11H2,1-3H3,(H,23,27). The van der Waals surface area contributed by atoms with E-state index in [1.165, 1.54) is 13.1 Å². The van der Waals surface area contributed by atoms with E-state index in [-0.39, 0.29) is 22.1 Å². The summed E-state index contributed by atoms with van der Waals surface area (Å²) in [6, 6.07) is 8.19. The number of hydrogen-bond donors (Lipinski definition) is 4. The summed E-state index contributed by atoms with van der Waals surface area (Å²) in [4.78, 5) is 12.3. The Kier molecular flexibility index (Phi) is 6.62. The fourth-order valence-electron chi connectivity index (χ4n) is 3.07. The van der Waals surface area contributed by atoms with Gasteiger partial charge in [-0.05, 0) is 60.6 Å². The highest BCUT2D eigenvalue weighted by molar-refractivity contribution is 9.10. The lowest BCUT2D eigenvalue weighted by molar-refractivity contribution is 0.0960. The molecule has 0 bridgehead atoms. The number of phenols is 1. The highest BCUT2D eigenvalue weighted by atomic mass is 79.9. The molecule has 0 unspecified atom stereocenters. The van der Waals surface area contributed by atoms with E-state index in [9.17, 15) is 18.3 Å². The van der Waals surface area contributed by atoms with Crippen LogP contribution in [0.1, 0.15) is 48.5 Å². The van der Waals surface area contributed by atoms with Gasteiger partial charge in [0.15, 0.2) is 5.75 Å². The minimum Gasteiger partial charge on any atom is -0.505 e. The highest BCUT2D eigenvalue weighted by Gasteiger charge is 2.29. The highest BCUT2D eigenvalue weighted by Crippen LogP contribution is 2.44. The molecule has 1 fully saturated rings. The van der Waals surface area contributed by atoms with E-state index >= 15 is 0 Å². The van der Waals surface area contributed by atoms with E-state index in [4.69, 9.17) is 0 Å². The Hall–Kier alpha value is -2.26. The van der Waals surface area contributed by atoms with Crippen molar-refractivity contribution < 1.29 is 18.3 Å². The number of halogens is 1. The summed E-state index contributed by atoms with van der Waals surface area (Å²) in [5.41, 5.74) is 1.33. The van der Waals surface area contributed by atoms with Gasteiger partial charge in [0.25, 0.3) is 15.9 Å². The van der Waals surface area contributed by atoms with Crippen LogP contribution in [-0.4, -0.2) is 33.0 Å². The van der Waals surface area contributed by atoms with Crippen molar-refractivity contribution in [1.29, 1.82) is 0 Å². The minimum atomic E-state index is -4.04. The second-order valence-electron chi connectivity index (χ2n) is 7.84.